The van der Waals surface area contributed by atoms with E-state index in [0.29, 0.717) is 31.7 Å². The van der Waals surface area contributed by atoms with E-state index in [-0.39, 0.29) is 18.3 Å². The van der Waals surface area contributed by atoms with Crippen molar-refractivity contribution in [1.29, 1.82) is 0 Å². The fraction of sp³-hybridized carbons (Fsp3) is 0.471. The lowest BCUT2D eigenvalue weighted by Gasteiger charge is -2.05. The molecule has 0 radical (unpaired) electrons. The van der Waals surface area contributed by atoms with Crippen molar-refractivity contribution in [3.05, 3.63) is 41.5 Å². The molecular weight excluding hydrogens is 328 g/mol. The van der Waals surface area contributed by atoms with Gasteiger partial charge in [-0.2, -0.15) is 4.98 Å². The van der Waals surface area contributed by atoms with E-state index in [1.54, 1.807) is 0 Å². The van der Waals surface area contributed by atoms with Crippen molar-refractivity contribution >= 4 is 24.0 Å². The van der Waals surface area contributed by atoms with E-state index in [4.69, 9.17) is 10.3 Å². The van der Waals surface area contributed by atoms with Gasteiger partial charge in [-0.25, -0.2) is 0 Å². The van der Waals surface area contributed by atoms with Crippen molar-refractivity contribution in [1.82, 2.24) is 15.5 Å². The highest BCUT2D eigenvalue weighted by atomic mass is 35.5. The third kappa shape index (κ3) is 7.00. The zero-order chi connectivity index (χ0) is 16.5. The molecule has 1 heterocycles. The fourth-order valence-corrected chi connectivity index (χ4v) is 2.24. The summed E-state index contributed by atoms with van der Waals surface area (Å²) >= 11 is 0. The van der Waals surface area contributed by atoms with Crippen molar-refractivity contribution in [3.8, 4) is 0 Å². The molecule has 2 rings (SSSR count). The van der Waals surface area contributed by atoms with Crippen LogP contribution in [0.25, 0.3) is 0 Å². The largest absolute Gasteiger partial charge is 0.399 e. The Morgan fingerprint density at radius 1 is 1.21 bits per heavy atom. The van der Waals surface area contributed by atoms with Crippen molar-refractivity contribution in [2.24, 2.45) is 0 Å². The summed E-state index contributed by atoms with van der Waals surface area (Å²) in [4.78, 5) is 16.1. The lowest BCUT2D eigenvalue weighted by atomic mass is 10.1. The molecule has 0 atom stereocenters. The molecule has 1 aromatic heterocycles. The van der Waals surface area contributed by atoms with E-state index in [2.05, 4.69) is 22.4 Å². The minimum Gasteiger partial charge on any atom is -0.399 e. The lowest BCUT2D eigenvalue weighted by Crippen LogP contribution is -2.25. The van der Waals surface area contributed by atoms with Crippen LogP contribution in [0.15, 0.2) is 28.8 Å². The highest BCUT2D eigenvalue weighted by molar-refractivity contribution is 5.85. The number of halogens is 1. The van der Waals surface area contributed by atoms with E-state index in [1.807, 2.05) is 24.3 Å². The summed E-state index contributed by atoms with van der Waals surface area (Å²) in [7, 11) is 0. The molecule has 0 saturated carbocycles. The van der Waals surface area contributed by atoms with Crippen LogP contribution in [0.5, 0.6) is 0 Å². The molecular formula is C17H25ClN4O2. The SMILES string of the molecule is CCCc1noc(CCCC(=O)NCCc2ccc(N)cc2)n1.Cl. The summed E-state index contributed by atoms with van der Waals surface area (Å²) in [6, 6.07) is 7.69. The Morgan fingerprint density at radius 3 is 2.67 bits per heavy atom. The summed E-state index contributed by atoms with van der Waals surface area (Å²) < 4.78 is 5.14. The number of aryl methyl sites for hydroxylation is 2. The number of rotatable bonds is 9. The Labute approximate surface area is 148 Å². The Hall–Kier alpha value is -2.08. The first-order valence-electron chi connectivity index (χ1n) is 8.10. The van der Waals surface area contributed by atoms with Crippen LogP contribution in [0.4, 0.5) is 5.69 Å². The van der Waals surface area contributed by atoms with Gasteiger partial charge in [0.25, 0.3) is 0 Å². The van der Waals surface area contributed by atoms with Crippen LogP contribution in [-0.2, 0) is 24.1 Å². The van der Waals surface area contributed by atoms with E-state index < -0.39 is 0 Å². The number of nitrogen functional groups attached to an aromatic ring is 1. The van der Waals surface area contributed by atoms with Crippen LogP contribution in [0.3, 0.4) is 0 Å². The van der Waals surface area contributed by atoms with Gasteiger partial charge in [-0.05, 0) is 37.0 Å². The molecule has 132 valence electrons. The van der Waals surface area contributed by atoms with Crippen LogP contribution in [0.1, 0.15) is 43.5 Å². The number of hydrogen-bond donors (Lipinski definition) is 2. The quantitative estimate of drug-likeness (QED) is 0.677. The zero-order valence-corrected chi connectivity index (χ0v) is 14.8. The van der Waals surface area contributed by atoms with Gasteiger partial charge < -0.3 is 15.6 Å². The number of amides is 1. The van der Waals surface area contributed by atoms with Gasteiger partial charge in [0.15, 0.2) is 5.82 Å². The van der Waals surface area contributed by atoms with Gasteiger partial charge in [0.2, 0.25) is 11.8 Å². The minimum absolute atomic E-state index is 0. The monoisotopic (exact) mass is 352 g/mol. The first-order chi connectivity index (χ1) is 11.2. The third-order valence-corrected chi connectivity index (χ3v) is 3.49. The molecule has 6 nitrogen and oxygen atoms in total. The number of nitrogens with zero attached hydrogens (tertiary/aromatic N) is 2. The maximum absolute atomic E-state index is 11.8. The minimum atomic E-state index is 0. The highest BCUT2D eigenvalue weighted by Crippen LogP contribution is 2.06. The Kier molecular flexibility index (Phi) is 8.86. The number of benzene rings is 1. The van der Waals surface area contributed by atoms with E-state index in [9.17, 15) is 4.79 Å². The molecule has 3 N–H and O–H groups in total. The maximum atomic E-state index is 11.8. The number of nitrogens with two attached hydrogens (primary N) is 1. The molecule has 0 saturated heterocycles. The van der Waals surface area contributed by atoms with Crippen molar-refractivity contribution in [2.75, 3.05) is 12.3 Å². The second-order valence-corrected chi connectivity index (χ2v) is 5.55. The second kappa shape index (κ2) is 10.6. The predicted octanol–water partition coefficient (Wildman–Crippen LogP) is 2.71. The number of hydrogen-bond acceptors (Lipinski definition) is 5. The van der Waals surface area contributed by atoms with Crippen LogP contribution in [0.2, 0.25) is 0 Å². The topological polar surface area (TPSA) is 94.0 Å². The average molecular weight is 353 g/mol. The van der Waals surface area contributed by atoms with Crippen LogP contribution in [-0.4, -0.2) is 22.6 Å². The van der Waals surface area contributed by atoms with Gasteiger partial charge in [0, 0.05) is 31.5 Å². The van der Waals surface area contributed by atoms with Gasteiger partial charge >= 0.3 is 0 Å². The molecule has 0 spiro atoms. The van der Waals surface area contributed by atoms with Crippen molar-refractivity contribution in [2.45, 2.75) is 45.4 Å². The van der Waals surface area contributed by atoms with Gasteiger partial charge in [-0.3, -0.25) is 4.79 Å². The second-order valence-electron chi connectivity index (χ2n) is 5.55. The van der Waals surface area contributed by atoms with Crippen molar-refractivity contribution in [3.63, 3.8) is 0 Å². The summed E-state index contributed by atoms with van der Waals surface area (Å²) in [6.45, 7) is 2.70. The Bertz CT molecular complexity index is 613. The first kappa shape index (κ1) is 20.0. The summed E-state index contributed by atoms with van der Waals surface area (Å²) in [5.74, 6) is 1.41. The van der Waals surface area contributed by atoms with Gasteiger partial charge in [-0.15, -0.1) is 12.4 Å². The van der Waals surface area contributed by atoms with Crippen molar-refractivity contribution < 1.29 is 9.32 Å². The van der Waals surface area contributed by atoms with E-state index in [0.717, 1.165) is 36.3 Å². The molecule has 0 fully saturated rings. The summed E-state index contributed by atoms with van der Waals surface area (Å²) in [5, 5.41) is 6.82. The van der Waals surface area contributed by atoms with Gasteiger partial charge in [-0.1, -0.05) is 24.2 Å². The lowest BCUT2D eigenvalue weighted by molar-refractivity contribution is -0.121. The number of aromatic nitrogens is 2. The molecule has 0 bridgehead atoms. The first-order valence-corrected chi connectivity index (χ1v) is 8.10. The maximum Gasteiger partial charge on any atom is 0.226 e. The molecule has 7 heteroatoms. The molecule has 24 heavy (non-hydrogen) atoms. The highest BCUT2D eigenvalue weighted by Gasteiger charge is 2.07. The van der Waals surface area contributed by atoms with E-state index in [1.165, 1.54) is 0 Å². The summed E-state index contributed by atoms with van der Waals surface area (Å²) in [6.07, 6.45) is 4.44. The zero-order valence-electron chi connectivity index (χ0n) is 14.0. The van der Waals surface area contributed by atoms with Gasteiger partial charge in [0.05, 0.1) is 0 Å². The normalized spacial score (nSPS) is 10.2. The number of carbonyl (C=O) groups excluding carboxylic acids is 1. The van der Waals surface area contributed by atoms with E-state index >= 15 is 0 Å². The third-order valence-electron chi connectivity index (χ3n) is 3.49. The molecule has 0 unspecified atom stereocenters. The molecule has 1 amide bonds. The van der Waals surface area contributed by atoms with Crippen LogP contribution in [0, 0.1) is 0 Å². The molecule has 0 aliphatic rings. The standard InChI is InChI=1S/C17H24N4O2.ClH/c1-2-4-15-20-17(23-21-15)6-3-5-16(22)19-12-11-13-7-9-14(18)10-8-13;/h7-10H,2-6,11-12,18H2,1H3,(H,19,22);1H. The average Bonchev–Trinajstić information content (AvgIpc) is 2.97. The molecule has 1 aromatic carbocycles. The number of carbonyl (C=O) groups is 1. The molecule has 2 aromatic rings. The Balaban J connectivity index is 0.00000288. The van der Waals surface area contributed by atoms with Crippen LogP contribution < -0.4 is 11.1 Å². The van der Waals surface area contributed by atoms with Crippen LogP contribution >= 0.6 is 12.4 Å². The van der Waals surface area contributed by atoms with Gasteiger partial charge in [0.1, 0.15) is 0 Å². The fourth-order valence-electron chi connectivity index (χ4n) is 2.24. The summed E-state index contributed by atoms with van der Waals surface area (Å²) in [5.41, 5.74) is 7.55. The molecule has 0 aliphatic carbocycles. The smallest absolute Gasteiger partial charge is 0.226 e. The molecule has 0 aliphatic heterocycles. The Morgan fingerprint density at radius 2 is 1.96 bits per heavy atom. The predicted molar refractivity (Wildman–Crippen MR) is 96.0 cm³/mol. The number of nitrogens with one attached hydrogen (secondary N) is 1. The number of anilines is 1.